The molecule has 2 aromatic rings. The summed E-state index contributed by atoms with van der Waals surface area (Å²) in [6.45, 7) is 0. The monoisotopic (exact) mass is 273 g/mol. The lowest BCUT2D eigenvalue weighted by molar-refractivity contribution is 1.16. The summed E-state index contributed by atoms with van der Waals surface area (Å²) in [5, 5.41) is 0.286. The highest BCUT2D eigenvalue weighted by Gasteiger charge is 2.14. The van der Waals surface area contributed by atoms with E-state index >= 15 is 0 Å². The van der Waals surface area contributed by atoms with Gasteiger partial charge in [-0.05, 0) is 11.1 Å². The number of nitrogens with two attached hydrogens (primary N) is 1. The summed E-state index contributed by atoms with van der Waals surface area (Å²) in [6.07, 6.45) is 0. The predicted molar refractivity (Wildman–Crippen MR) is 84.0 cm³/mol. The van der Waals surface area contributed by atoms with Gasteiger partial charge >= 0.3 is 0 Å². The van der Waals surface area contributed by atoms with Crippen molar-refractivity contribution in [3.63, 3.8) is 0 Å². The van der Waals surface area contributed by atoms with Crippen molar-refractivity contribution >= 4 is 29.0 Å². The normalized spacial score (nSPS) is 10.5. The van der Waals surface area contributed by atoms with Gasteiger partial charge in [0.15, 0.2) is 0 Å². The molecular weight excluding hydrogens is 258 g/mol. The molecule has 92 valence electrons. The average molecular weight is 273 g/mol. The standard InChI is InChI=1S/C15H15NS2/c16-14(17)11-18-15(12-7-3-1-4-8-12)13-9-5-2-6-10-13/h1-10,15H,11H2,(H2,16,17). The molecule has 0 heterocycles. The summed E-state index contributed by atoms with van der Waals surface area (Å²) in [5.41, 5.74) is 8.17. The first-order valence-electron chi connectivity index (χ1n) is 5.77. The maximum absolute atomic E-state index is 5.61. The lowest BCUT2D eigenvalue weighted by Gasteiger charge is -2.17. The van der Waals surface area contributed by atoms with E-state index in [1.807, 2.05) is 12.1 Å². The van der Waals surface area contributed by atoms with E-state index in [-0.39, 0.29) is 5.25 Å². The topological polar surface area (TPSA) is 26.0 Å². The van der Waals surface area contributed by atoms with E-state index in [2.05, 4.69) is 48.5 Å². The van der Waals surface area contributed by atoms with Crippen LogP contribution in [0.5, 0.6) is 0 Å². The van der Waals surface area contributed by atoms with E-state index < -0.39 is 0 Å². The molecule has 0 aliphatic rings. The Labute approximate surface area is 117 Å². The van der Waals surface area contributed by atoms with Crippen molar-refractivity contribution in [2.75, 3.05) is 5.75 Å². The van der Waals surface area contributed by atoms with E-state index in [1.165, 1.54) is 11.1 Å². The number of thiocarbonyl (C=S) groups is 1. The second kappa shape index (κ2) is 6.57. The van der Waals surface area contributed by atoms with Crippen LogP contribution in [-0.4, -0.2) is 10.7 Å². The minimum absolute atomic E-state index is 0.286. The highest BCUT2D eigenvalue weighted by molar-refractivity contribution is 8.01. The molecule has 1 nitrogen and oxygen atoms in total. The molecular formula is C15H15NS2. The second-order valence-electron chi connectivity index (χ2n) is 3.98. The Kier molecular flexibility index (Phi) is 4.79. The number of thioether (sulfide) groups is 1. The van der Waals surface area contributed by atoms with Gasteiger partial charge in [0.05, 0.1) is 10.2 Å². The largest absolute Gasteiger partial charge is 0.393 e. The van der Waals surface area contributed by atoms with Crippen LogP contribution in [0.25, 0.3) is 0 Å². The summed E-state index contributed by atoms with van der Waals surface area (Å²) in [4.78, 5) is 0.553. The Balaban J connectivity index is 2.26. The van der Waals surface area contributed by atoms with Crippen LogP contribution in [-0.2, 0) is 0 Å². The Morgan fingerprint density at radius 3 is 1.78 bits per heavy atom. The van der Waals surface area contributed by atoms with Crippen molar-refractivity contribution in [2.24, 2.45) is 5.73 Å². The zero-order valence-electron chi connectivity index (χ0n) is 9.95. The van der Waals surface area contributed by atoms with Crippen LogP contribution in [0.4, 0.5) is 0 Å². The van der Waals surface area contributed by atoms with Crippen LogP contribution in [0.2, 0.25) is 0 Å². The number of rotatable bonds is 5. The predicted octanol–water partition coefficient (Wildman–Crippen LogP) is 3.80. The van der Waals surface area contributed by atoms with Crippen molar-refractivity contribution in [3.8, 4) is 0 Å². The fraction of sp³-hybridized carbons (Fsp3) is 0.133. The summed E-state index contributed by atoms with van der Waals surface area (Å²) in [7, 11) is 0. The molecule has 2 N–H and O–H groups in total. The second-order valence-corrected chi connectivity index (χ2v) is 5.60. The number of hydrogen-bond donors (Lipinski definition) is 1. The highest BCUT2D eigenvalue weighted by Crippen LogP contribution is 2.35. The van der Waals surface area contributed by atoms with Crippen molar-refractivity contribution in [2.45, 2.75) is 5.25 Å². The van der Waals surface area contributed by atoms with Gasteiger partial charge in [-0.3, -0.25) is 0 Å². The molecule has 3 heteroatoms. The van der Waals surface area contributed by atoms with Crippen LogP contribution < -0.4 is 5.73 Å². The maximum atomic E-state index is 5.61. The van der Waals surface area contributed by atoms with Crippen molar-refractivity contribution in [3.05, 3.63) is 71.8 Å². The van der Waals surface area contributed by atoms with Gasteiger partial charge in [-0.15, -0.1) is 11.8 Å². The van der Waals surface area contributed by atoms with Gasteiger partial charge in [-0.25, -0.2) is 0 Å². The lowest BCUT2D eigenvalue weighted by Crippen LogP contribution is -2.12. The SMILES string of the molecule is NC(=S)CSC(c1ccccc1)c1ccccc1. The zero-order chi connectivity index (χ0) is 12.8. The van der Waals surface area contributed by atoms with E-state index in [4.69, 9.17) is 18.0 Å². The molecule has 0 saturated heterocycles. The van der Waals surface area contributed by atoms with Gasteiger partial charge in [0.1, 0.15) is 0 Å². The van der Waals surface area contributed by atoms with Crippen molar-refractivity contribution in [1.82, 2.24) is 0 Å². The Hall–Kier alpha value is -1.32. The minimum Gasteiger partial charge on any atom is -0.393 e. The zero-order valence-corrected chi connectivity index (χ0v) is 11.6. The van der Waals surface area contributed by atoms with E-state index in [0.29, 0.717) is 10.7 Å². The molecule has 0 spiro atoms. The third kappa shape index (κ3) is 3.59. The summed E-state index contributed by atoms with van der Waals surface area (Å²) >= 11 is 6.74. The molecule has 2 rings (SSSR count). The van der Waals surface area contributed by atoms with Crippen LogP contribution >= 0.6 is 24.0 Å². The Morgan fingerprint density at radius 2 is 1.39 bits per heavy atom. The average Bonchev–Trinajstić information content (AvgIpc) is 2.41. The molecule has 0 amide bonds. The molecule has 0 bridgehead atoms. The van der Waals surface area contributed by atoms with Crippen LogP contribution in [0.15, 0.2) is 60.7 Å². The summed E-state index contributed by atoms with van der Waals surface area (Å²) in [6, 6.07) is 20.9. The van der Waals surface area contributed by atoms with Crippen LogP contribution in [0.3, 0.4) is 0 Å². The minimum atomic E-state index is 0.286. The van der Waals surface area contributed by atoms with Gasteiger partial charge in [0, 0.05) is 5.75 Å². The smallest absolute Gasteiger partial charge is 0.0828 e. The fourth-order valence-electron chi connectivity index (χ4n) is 1.81. The third-order valence-corrected chi connectivity index (χ3v) is 4.28. The highest BCUT2D eigenvalue weighted by atomic mass is 32.2. The first kappa shape index (κ1) is 13.1. The molecule has 18 heavy (non-hydrogen) atoms. The van der Waals surface area contributed by atoms with Gasteiger partial charge in [-0.1, -0.05) is 72.9 Å². The molecule has 0 aromatic heterocycles. The molecule has 0 unspecified atom stereocenters. The van der Waals surface area contributed by atoms with Gasteiger partial charge < -0.3 is 5.73 Å². The van der Waals surface area contributed by atoms with E-state index in [0.717, 1.165) is 0 Å². The molecule has 0 aliphatic carbocycles. The molecule has 0 saturated carbocycles. The van der Waals surface area contributed by atoms with Gasteiger partial charge in [0.25, 0.3) is 0 Å². The Morgan fingerprint density at radius 1 is 0.944 bits per heavy atom. The first-order chi connectivity index (χ1) is 8.77. The lowest BCUT2D eigenvalue weighted by atomic mass is 10.0. The molecule has 0 radical (unpaired) electrons. The quantitative estimate of drug-likeness (QED) is 0.839. The number of benzene rings is 2. The van der Waals surface area contributed by atoms with E-state index in [1.54, 1.807) is 11.8 Å². The summed E-state index contributed by atoms with van der Waals surface area (Å²) < 4.78 is 0. The van der Waals surface area contributed by atoms with Crippen LogP contribution in [0, 0.1) is 0 Å². The number of hydrogen-bond acceptors (Lipinski definition) is 2. The third-order valence-electron chi connectivity index (χ3n) is 2.60. The molecule has 0 atom stereocenters. The fourth-order valence-corrected chi connectivity index (χ4v) is 3.04. The van der Waals surface area contributed by atoms with Gasteiger partial charge in [-0.2, -0.15) is 0 Å². The van der Waals surface area contributed by atoms with Crippen molar-refractivity contribution < 1.29 is 0 Å². The summed E-state index contributed by atoms with van der Waals surface area (Å²) in [5.74, 6) is 0.698. The maximum Gasteiger partial charge on any atom is 0.0828 e. The Bertz CT molecular complexity index is 457. The first-order valence-corrected chi connectivity index (χ1v) is 7.23. The van der Waals surface area contributed by atoms with Gasteiger partial charge in [0.2, 0.25) is 0 Å². The van der Waals surface area contributed by atoms with Crippen molar-refractivity contribution in [1.29, 1.82) is 0 Å². The molecule has 0 aliphatic heterocycles. The van der Waals surface area contributed by atoms with E-state index in [9.17, 15) is 0 Å². The molecule has 2 aromatic carbocycles. The molecule has 0 fully saturated rings. The van der Waals surface area contributed by atoms with Crippen LogP contribution in [0.1, 0.15) is 16.4 Å².